The molecule has 0 aromatic heterocycles. The van der Waals surface area contributed by atoms with E-state index in [0.29, 0.717) is 6.54 Å². The standard InChI is InChI=1S/C12H22N4O4/c17-9-7-10(11(18)19)16(8-9)12(20)14-3-6-15-4-1-13-2-5-15/h9-10,13,17H,1-8H2,(H,14,20)(H,18,19). The molecule has 0 aliphatic carbocycles. The van der Waals surface area contributed by atoms with Gasteiger partial charge >= 0.3 is 12.0 Å². The summed E-state index contributed by atoms with van der Waals surface area (Å²) in [5.74, 6) is -1.07. The lowest BCUT2D eigenvalue weighted by Crippen LogP contribution is -2.49. The predicted octanol–water partition coefficient (Wildman–Crippen LogP) is -1.88. The lowest BCUT2D eigenvalue weighted by Gasteiger charge is -2.28. The van der Waals surface area contributed by atoms with Crippen LogP contribution in [0.25, 0.3) is 0 Å². The molecule has 0 aromatic carbocycles. The van der Waals surface area contributed by atoms with Gasteiger partial charge in [-0.25, -0.2) is 9.59 Å². The van der Waals surface area contributed by atoms with E-state index in [0.717, 1.165) is 32.7 Å². The van der Waals surface area contributed by atoms with Crippen molar-refractivity contribution in [3.63, 3.8) is 0 Å². The average molecular weight is 286 g/mol. The molecule has 0 bridgehead atoms. The molecule has 4 N–H and O–H groups in total. The molecule has 2 heterocycles. The van der Waals surface area contributed by atoms with Crippen LogP contribution in [0.3, 0.4) is 0 Å². The van der Waals surface area contributed by atoms with Crippen molar-refractivity contribution < 1.29 is 19.8 Å². The van der Waals surface area contributed by atoms with Crippen LogP contribution in [-0.2, 0) is 4.79 Å². The molecule has 0 radical (unpaired) electrons. The number of nitrogens with one attached hydrogen (secondary N) is 2. The zero-order chi connectivity index (χ0) is 14.5. The summed E-state index contributed by atoms with van der Waals surface area (Å²) in [5.41, 5.74) is 0. The van der Waals surface area contributed by atoms with Gasteiger partial charge in [0.05, 0.1) is 6.10 Å². The van der Waals surface area contributed by atoms with Crippen LogP contribution in [0, 0.1) is 0 Å². The third-order valence-electron chi connectivity index (χ3n) is 3.74. The molecule has 2 aliphatic rings. The van der Waals surface area contributed by atoms with Gasteiger partial charge in [-0.2, -0.15) is 0 Å². The molecule has 20 heavy (non-hydrogen) atoms. The van der Waals surface area contributed by atoms with Gasteiger partial charge in [0.2, 0.25) is 0 Å². The highest BCUT2D eigenvalue weighted by Crippen LogP contribution is 2.17. The van der Waals surface area contributed by atoms with Crippen LogP contribution in [0.1, 0.15) is 6.42 Å². The number of hydrogen-bond acceptors (Lipinski definition) is 5. The van der Waals surface area contributed by atoms with E-state index < -0.39 is 24.1 Å². The minimum atomic E-state index is -1.07. The summed E-state index contributed by atoms with van der Waals surface area (Å²) in [6, 6.07) is -1.34. The van der Waals surface area contributed by atoms with Crippen LogP contribution in [0.5, 0.6) is 0 Å². The number of carbonyl (C=O) groups is 2. The van der Waals surface area contributed by atoms with Crippen molar-refractivity contribution in [1.82, 2.24) is 20.4 Å². The predicted molar refractivity (Wildman–Crippen MR) is 71.5 cm³/mol. The lowest BCUT2D eigenvalue weighted by molar-refractivity contribution is -0.141. The van der Waals surface area contributed by atoms with E-state index in [1.54, 1.807) is 0 Å². The molecule has 2 aliphatic heterocycles. The first-order valence-electron chi connectivity index (χ1n) is 6.96. The Hall–Kier alpha value is -1.38. The number of piperazine rings is 1. The van der Waals surface area contributed by atoms with Crippen LogP contribution < -0.4 is 10.6 Å². The molecule has 2 fully saturated rings. The number of hydrogen-bond donors (Lipinski definition) is 4. The van der Waals surface area contributed by atoms with Gasteiger partial charge in [0.1, 0.15) is 6.04 Å². The zero-order valence-electron chi connectivity index (χ0n) is 11.4. The Bertz CT molecular complexity index is 359. The number of carboxylic acid groups (broad SMARTS) is 1. The van der Waals surface area contributed by atoms with Gasteiger partial charge in [-0.15, -0.1) is 0 Å². The highest BCUT2D eigenvalue weighted by Gasteiger charge is 2.38. The Morgan fingerprint density at radius 1 is 1.30 bits per heavy atom. The van der Waals surface area contributed by atoms with Crippen molar-refractivity contribution in [2.75, 3.05) is 45.8 Å². The molecule has 2 saturated heterocycles. The molecule has 8 heteroatoms. The maximum Gasteiger partial charge on any atom is 0.326 e. The van der Waals surface area contributed by atoms with Gasteiger partial charge in [0, 0.05) is 52.2 Å². The Kier molecular flexibility index (Phi) is 5.16. The van der Waals surface area contributed by atoms with Crippen molar-refractivity contribution in [3.8, 4) is 0 Å². The number of rotatable bonds is 4. The highest BCUT2D eigenvalue weighted by atomic mass is 16.4. The number of nitrogens with zero attached hydrogens (tertiary/aromatic N) is 2. The third kappa shape index (κ3) is 3.81. The van der Waals surface area contributed by atoms with Crippen LogP contribution >= 0.6 is 0 Å². The molecular weight excluding hydrogens is 264 g/mol. The number of carboxylic acids is 1. The first-order chi connectivity index (χ1) is 9.58. The van der Waals surface area contributed by atoms with Crippen molar-refractivity contribution >= 4 is 12.0 Å². The summed E-state index contributed by atoms with van der Waals surface area (Å²) in [7, 11) is 0. The summed E-state index contributed by atoms with van der Waals surface area (Å²) in [6.07, 6.45) is -0.657. The van der Waals surface area contributed by atoms with Crippen molar-refractivity contribution in [2.45, 2.75) is 18.6 Å². The topological polar surface area (TPSA) is 105 Å². The number of carbonyl (C=O) groups excluding carboxylic acids is 1. The minimum absolute atomic E-state index is 0.0798. The lowest BCUT2D eigenvalue weighted by atomic mass is 10.2. The number of β-amino-alcohol motifs (C(OH)–C–C–N with tert-alkyl or cyclic N) is 1. The molecule has 2 amide bonds. The first kappa shape index (κ1) is 15.0. The number of aliphatic hydroxyl groups excluding tert-OH is 1. The second-order valence-corrected chi connectivity index (χ2v) is 5.22. The summed E-state index contributed by atoms with van der Waals surface area (Å²) in [5, 5.41) is 24.5. The molecule has 114 valence electrons. The average Bonchev–Trinajstić information content (AvgIpc) is 2.82. The van der Waals surface area contributed by atoms with Gasteiger partial charge in [0.25, 0.3) is 0 Å². The molecule has 0 saturated carbocycles. The molecule has 0 spiro atoms. The van der Waals surface area contributed by atoms with Crippen molar-refractivity contribution in [3.05, 3.63) is 0 Å². The number of amides is 2. The molecule has 0 aromatic rings. The third-order valence-corrected chi connectivity index (χ3v) is 3.74. The Morgan fingerprint density at radius 3 is 2.65 bits per heavy atom. The maximum atomic E-state index is 12.0. The Balaban J connectivity index is 1.74. The van der Waals surface area contributed by atoms with E-state index in [1.807, 2.05) is 0 Å². The van der Waals surface area contributed by atoms with Gasteiger partial charge in [-0.1, -0.05) is 0 Å². The van der Waals surface area contributed by atoms with Crippen molar-refractivity contribution in [1.29, 1.82) is 0 Å². The monoisotopic (exact) mass is 286 g/mol. The molecular formula is C12H22N4O4. The van der Waals surface area contributed by atoms with Crippen LogP contribution in [0.4, 0.5) is 4.79 Å². The van der Waals surface area contributed by atoms with Crippen LogP contribution in [0.2, 0.25) is 0 Å². The van der Waals surface area contributed by atoms with Gasteiger partial charge in [-0.3, -0.25) is 4.90 Å². The fourth-order valence-corrected chi connectivity index (χ4v) is 2.63. The fourth-order valence-electron chi connectivity index (χ4n) is 2.63. The normalized spacial score (nSPS) is 27.6. The number of urea groups is 1. The number of aliphatic carboxylic acids is 1. The van der Waals surface area contributed by atoms with Crippen LogP contribution in [-0.4, -0.2) is 90.0 Å². The summed E-state index contributed by atoms with van der Waals surface area (Å²) in [6.45, 7) is 5.13. The van der Waals surface area contributed by atoms with E-state index in [4.69, 9.17) is 5.11 Å². The summed E-state index contributed by atoms with van der Waals surface area (Å²) >= 11 is 0. The van der Waals surface area contributed by atoms with E-state index in [1.165, 1.54) is 4.90 Å². The maximum absolute atomic E-state index is 12.0. The Labute approximate surface area is 117 Å². The zero-order valence-corrected chi connectivity index (χ0v) is 11.4. The van der Waals surface area contributed by atoms with E-state index in [-0.39, 0.29) is 13.0 Å². The molecule has 2 rings (SSSR count). The number of likely N-dealkylation sites (tertiary alicyclic amines) is 1. The first-order valence-corrected chi connectivity index (χ1v) is 6.96. The van der Waals surface area contributed by atoms with Crippen molar-refractivity contribution in [2.24, 2.45) is 0 Å². The summed E-state index contributed by atoms with van der Waals surface area (Å²) in [4.78, 5) is 26.4. The molecule has 8 nitrogen and oxygen atoms in total. The summed E-state index contributed by atoms with van der Waals surface area (Å²) < 4.78 is 0. The second-order valence-electron chi connectivity index (χ2n) is 5.22. The van der Waals surface area contributed by atoms with Gasteiger partial charge < -0.3 is 25.7 Å². The highest BCUT2D eigenvalue weighted by molar-refractivity contribution is 5.83. The largest absolute Gasteiger partial charge is 0.480 e. The minimum Gasteiger partial charge on any atom is -0.480 e. The van der Waals surface area contributed by atoms with Crippen LogP contribution in [0.15, 0.2) is 0 Å². The quantitative estimate of drug-likeness (QED) is 0.482. The molecule has 2 atom stereocenters. The van der Waals surface area contributed by atoms with Gasteiger partial charge in [-0.05, 0) is 0 Å². The van der Waals surface area contributed by atoms with E-state index >= 15 is 0 Å². The van der Waals surface area contributed by atoms with E-state index in [2.05, 4.69) is 15.5 Å². The molecule has 2 unspecified atom stereocenters. The number of aliphatic hydroxyl groups is 1. The van der Waals surface area contributed by atoms with Gasteiger partial charge in [0.15, 0.2) is 0 Å². The fraction of sp³-hybridized carbons (Fsp3) is 0.833. The smallest absolute Gasteiger partial charge is 0.326 e. The Morgan fingerprint density at radius 2 is 2.00 bits per heavy atom. The SMILES string of the molecule is O=C(O)C1CC(O)CN1C(=O)NCCN1CCNCC1. The second kappa shape index (κ2) is 6.87. The van der Waals surface area contributed by atoms with E-state index in [9.17, 15) is 14.7 Å².